The molecule has 1 aliphatic rings. The van der Waals surface area contributed by atoms with E-state index in [0.717, 1.165) is 19.5 Å². The monoisotopic (exact) mass is 220 g/mol. The maximum absolute atomic E-state index is 13.6. The van der Waals surface area contributed by atoms with E-state index in [-0.39, 0.29) is 18.3 Å². The van der Waals surface area contributed by atoms with Crippen LogP contribution in [0.1, 0.15) is 17.5 Å². The first kappa shape index (κ1) is 11.1. The van der Waals surface area contributed by atoms with Crippen molar-refractivity contribution in [2.45, 2.75) is 19.1 Å². The fourth-order valence-corrected chi connectivity index (χ4v) is 1.76. The van der Waals surface area contributed by atoms with E-state index in [0.29, 0.717) is 5.56 Å². The van der Waals surface area contributed by atoms with Gasteiger partial charge in [0.05, 0.1) is 18.3 Å². The van der Waals surface area contributed by atoms with Crippen molar-refractivity contribution in [3.05, 3.63) is 35.1 Å². The Kier molecular flexibility index (Phi) is 3.50. The molecule has 4 heteroatoms. The van der Waals surface area contributed by atoms with E-state index in [9.17, 15) is 4.39 Å². The van der Waals surface area contributed by atoms with E-state index in [2.05, 4.69) is 5.32 Å². The van der Waals surface area contributed by atoms with Crippen molar-refractivity contribution < 1.29 is 9.13 Å². The van der Waals surface area contributed by atoms with Gasteiger partial charge in [-0.3, -0.25) is 0 Å². The van der Waals surface area contributed by atoms with Gasteiger partial charge in [0, 0.05) is 12.1 Å². The van der Waals surface area contributed by atoms with Gasteiger partial charge in [0.1, 0.15) is 11.9 Å². The van der Waals surface area contributed by atoms with Crippen molar-refractivity contribution in [2.24, 2.45) is 0 Å². The van der Waals surface area contributed by atoms with Crippen LogP contribution < -0.4 is 5.32 Å². The molecule has 1 N–H and O–H groups in total. The second-order valence-corrected chi connectivity index (χ2v) is 3.82. The molecule has 1 fully saturated rings. The molecule has 84 valence electrons. The van der Waals surface area contributed by atoms with Crippen molar-refractivity contribution in [2.75, 3.05) is 13.1 Å². The first-order valence-electron chi connectivity index (χ1n) is 5.31. The molecule has 3 nitrogen and oxygen atoms in total. The average Bonchev–Trinajstić information content (AvgIpc) is 2.81. The Bertz CT molecular complexity index is 408. The molecule has 0 radical (unpaired) electrons. The topological polar surface area (TPSA) is 45.0 Å². The van der Waals surface area contributed by atoms with Crippen LogP contribution in [-0.4, -0.2) is 19.2 Å². The molecule has 1 atom stereocenters. The number of nitrogens with one attached hydrogen (secondary N) is 1. The summed E-state index contributed by atoms with van der Waals surface area (Å²) in [4.78, 5) is 0. The lowest BCUT2D eigenvalue weighted by molar-refractivity contribution is 0.0525. The minimum atomic E-state index is -0.462. The Balaban J connectivity index is 2.01. The van der Waals surface area contributed by atoms with Crippen LogP contribution in [0.2, 0.25) is 0 Å². The quantitative estimate of drug-likeness (QED) is 0.841. The van der Waals surface area contributed by atoms with Gasteiger partial charge in [-0.15, -0.1) is 0 Å². The average molecular weight is 220 g/mol. The molecule has 1 aliphatic heterocycles. The van der Waals surface area contributed by atoms with Crippen LogP contribution in [0.5, 0.6) is 0 Å². The number of rotatable bonds is 3. The second kappa shape index (κ2) is 5.06. The zero-order chi connectivity index (χ0) is 11.4. The third-order valence-corrected chi connectivity index (χ3v) is 2.69. The highest BCUT2D eigenvalue weighted by Crippen LogP contribution is 2.15. The van der Waals surface area contributed by atoms with Crippen molar-refractivity contribution >= 4 is 0 Å². The van der Waals surface area contributed by atoms with Crippen molar-refractivity contribution in [1.29, 1.82) is 5.26 Å². The summed E-state index contributed by atoms with van der Waals surface area (Å²) in [7, 11) is 0. The van der Waals surface area contributed by atoms with Gasteiger partial charge in [0.15, 0.2) is 0 Å². The van der Waals surface area contributed by atoms with Crippen LogP contribution in [0.15, 0.2) is 18.2 Å². The lowest BCUT2D eigenvalue weighted by Gasteiger charge is -2.11. The summed E-state index contributed by atoms with van der Waals surface area (Å²) in [5.74, 6) is -0.462. The Morgan fingerprint density at radius 2 is 2.44 bits per heavy atom. The largest absolute Gasteiger partial charge is 0.372 e. The Morgan fingerprint density at radius 3 is 3.12 bits per heavy atom. The van der Waals surface area contributed by atoms with Crippen LogP contribution in [0, 0.1) is 17.1 Å². The third-order valence-electron chi connectivity index (χ3n) is 2.69. The number of benzene rings is 1. The third kappa shape index (κ3) is 2.38. The maximum Gasteiger partial charge on any atom is 0.146 e. The van der Waals surface area contributed by atoms with Crippen LogP contribution in [0.4, 0.5) is 4.39 Å². The lowest BCUT2D eigenvalue weighted by Crippen LogP contribution is -2.16. The molecular formula is C12H13FN2O. The van der Waals surface area contributed by atoms with Crippen LogP contribution >= 0.6 is 0 Å². The highest BCUT2D eigenvalue weighted by atomic mass is 19.1. The van der Waals surface area contributed by atoms with E-state index in [4.69, 9.17) is 10.00 Å². The van der Waals surface area contributed by atoms with Gasteiger partial charge in [-0.1, -0.05) is 12.1 Å². The Labute approximate surface area is 93.8 Å². The summed E-state index contributed by atoms with van der Waals surface area (Å²) in [5, 5.41) is 11.9. The van der Waals surface area contributed by atoms with Gasteiger partial charge >= 0.3 is 0 Å². The van der Waals surface area contributed by atoms with Crippen LogP contribution in [0.3, 0.4) is 0 Å². The second-order valence-electron chi connectivity index (χ2n) is 3.82. The van der Waals surface area contributed by atoms with E-state index in [1.807, 2.05) is 6.07 Å². The molecule has 1 heterocycles. The van der Waals surface area contributed by atoms with Gasteiger partial charge < -0.3 is 10.1 Å². The summed E-state index contributed by atoms with van der Waals surface area (Å²) < 4.78 is 19.2. The predicted octanol–water partition coefficient (Wildman–Crippen LogP) is 1.58. The number of hydrogen-bond acceptors (Lipinski definition) is 3. The van der Waals surface area contributed by atoms with Crippen LogP contribution in [0.25, 0.3) is 0 Å². The molecule has 0 bridgehead atoms. The van der Waals surface area contributed by atoms with Crippen molar-refractivity contribution in [3.63, 3.8) is 0 Å². The highest BCUT2D eigenvalue weighted by Gasteiger charge is 2.16. The number of halogens is 1. The molecular weight excluding hydrogens is 207 g/mol. The van der Waals surface area contributed by atoms with Gasteiger partial charge in [-0.25, -0.2) is 4.39 Å². The molecule has 1 aromatic carbocycles. The molecule has 16 heavy (non-hydrogen) atoms. The van der Waals surface area contributed by atoms with Gasteiger partial charge in [0.2, 0.25) is 0 Å². The SMILES string of the molecule is N#Cc1cccc(COC2CCNC2)c1F. The minimum absolute atomic E-state index is 0.0747. The predicted molar refractivity (Wildman–Crippen MR) is 57.2 cm³/mol. The molecule has 1 aromatic rings. The van der Waals surface area contributed by atoms with E-state index in [1.165, 1.54) is 6.07 Å². The fraction of sp³-hybridized carbons (Fsp3) is 0.417. The van der Waals surface area contributed by atoms with Crippen molar-refractivity contribution in [3.8, 4) is 6.07 Å². The Morgan fingerprint density at radius 1 is 1.56 bits per heavy atom. The molecule has 0 amide bonds. The molecule has 1 unspecified atom stereocenters. The number of nitrogens with zero attached hydrogens (tertiary/aromatic N) is 1. The summed E-state index contributed by atoms with van der Waals surface area (Å²) in [5.41, 5.74) is 0.525. The molecule has 1 saturated heterocycles. The smallest absolute Gasteiger partial charge is 0.146 e. The Hall–Kier alpha value is -1.44. The molecule has 0 spiro atoms. The van der Waals surface area contributed by atoms with Crippen molar-refractivity contribution in [1.82, 2.24) is 5.32 Å². The lowest BCUT2D eigenvalue weighted by atomic mass is 10.1. The van der Waals surface area contributed by atoms with E-state index >= 15 is 0 Å². The number of hydrogen-bond donors (Lipinski definition) is 1. The van der Waals surface area contributed by atoms with E-state index < -0.39 is 5.82 Å². The summed E-state index contributed by atoms with van der Waals surface area (Å²) >= 11 is 0. The standard InChI is InChI=1S/C12H13FN2O/c13-12-9(6-14)2-1-3-10(12)8-16-11-4-5-15-7-11/h1-3,11,15H,4-5,7-8H2. The van der Waals surface area contributed by atoms with Gasteiger partial charge in [-0.2, -0.15) is 5.26 Å². The zero-order valence-electron chi connectivity index (χ0n) is 8.87. The number of nitriles is 1. The van der Waals surface area contributed by atoms with Gasteiger partial charge in [-0.05, 0) is 19.0 Å². The zero-order valence-corrected chi connectivity index (χ0v) is 8.87. The molecule has 0 saturated carbocycles. The number of ether oxygens (including phenoxy) is 1. The fourth-order valence-electron chi connectivity index (χ4n) is 1.76. The van der Waals surface area contributed by atoms with Gasteiger partial charge in [0.25, 0.3) is 0 Å². The summed E-state index contributed by atoms with van der Waals surface area (Å²) in [6.07, 6.45) is 1.12. The highest BCUT2D eigenvalue weighted by molar-refractivity contribution is 5.34. The first-order chi connectivity index (χ1) is 7.81. The van der Waals surface area contributed by atoms with Crippen LogP contribution in [-0.2, 0) is 11.3 Å². The first-order valence-corrected chi connectivity index (χ1v) is 5.31. The maximum atomic E-state index is 13.6. The summed E-state index contributed by atoms with van der Waals surface area (Å²) in [6, 6.07) is 6.61. The summed E-state index contributed by atoms with van der Waals surface area (Å²) in [6.45, 7) is 2.00. The minimum Gasteiger partial charge on any atom is -0.372 e. The normalized spacial score (nSPS) is 19.6. The molecule has 0 aliphatic carbocycles. The molecule has 0 aromatic heterocycles. The molecule has 2 rings (SSSR count). The van der Waals surface area contributed by atoms with E-state index in [1.54, 1.807) is 12.1 Å².